The number of rotatable bonds is 1. The van der Waals surface area contributed by atoms with Gasteiger partial charge in [0.15, 0.2) is 0 Å². The zero-order valence-corrected chi connectivity index (χ0v) is 8.25. The summed E-state index contributed by atoms with van der Waals surface area (Å²) in [6.07, 6.45) is 7.10. The molecular weight excluding hydrogens is 164 g/mol. The zero-order valence-electron chi connectivity index (χ0n) is 8.25. The summed E-state index contributed by atoms with van der Waals surface area (Å²) in [5.41, 5.74) is -0.625. The van der Waals surface area contributed by atoms with Crippen molar-refractivity contribution in [2.24, 2.45) is 5.92 Å². The summed E-state index contributed by atoms with van der Waals surface area (Å²) in [5.74, 6) is 1.49. The number of hydrogen-bond donors (Lipinski definition) is 1. The molecule has 13 heavy (non-hydrogen) atoms. The third kappa shape index (κ3) is 1.73. The minimum absolute atomic E-state index is 0.625. The molecule has 1 N–H and O–H groups in total. The fourth-order valence-corrected chi connectivity index (χ4v) is 2.37. The Kier molecular flexibility index (Phi) is 2.33. The van der Waals surface area contributed by atoms with Crippen molar-refractivity contribution in [2.45, 2.75) is 44.6 Å². The third-order valence-electron chi connectivity index (χ3n) is 3.13. The maximum Gasteiger partial charge on any atom is 0.124 e. The first-order valence-corrected chi connectivity index (χ1v) is 5.26. The van der Waals surface area contributed by atoms with E-state index in [1.807, 2.05) is 0 Å². The average molecular weight is 182 g/mol. The minimum atomic E-state index is -0.625. The minimum Gasteiger partial charge on any atom is -0.495 e. The lowest BCUT2D eigenvalue weighted by Crippen LogP contribution is -2.30. The van der Waals surface area contributed by atoms with Crippen LogP contribution in [-0.4, -0.2) is 17.3 Å². The van der Waals surface area contributed by atoms with E-state index in [1.54, 1.807) is 0 Å². The van der Waals surface area contributed by atoms with E-state index in [2.05, 4.69) is 13.0 Å². The van der Waals surface area contributed by atoms with Crippen LogP contribution >= 0.6 is 0 Å². The van der Waals surface area contributed by atoms with Gasteiger partial charge in [-0.1, -0.05) is 6.92 Å². The van der Waals surface area contributed by atoms with Crippen LogP contribution in [0.25, 0.3) is 0 Å². The van der Waals surface area contributed by atoms with Gasteiger partial charge < -0.3 is 9.84 Å². The van der Waals surface area contributed by atoms with Crippen LogP contribution in [0.4, 0.5) is 0 Å². The first-order chi connectivity index (χ1) is 6.21. The second-order valence-electron chi connectivity index (χ2n) is 4.44. The summed E-state index contributed by atoms with van der Waals surface area (Å²) in [7, 11) is 0. The van der Waals surface area contributed by atoms with Crippen LogP contribution in [0.1, 0.15) is 39.0 Å². The van der Waals surface area contributed by atoms with Gasteiger partial charge in [0.05, 0.1) is 6.61 Å². The molecule has 0 saturated heterocycles. The Bertz CT molecular complexity index is 222. The van der Waals surface area contributed by atoms with E-state index < -0.39 is 5.60 Å². The highest BCUT2D eigenvalue weighted by atomic mass is 16.5. The fourth-order valence-electron chi connectivity index (χ4n) is 2.37. The molecule has 1 aliphatic carbocycles. The van der Waals surface area contributed by atoms with Gasteiger partial charge >= 0.3 is 0 Å². The Morgan fingerprint density at radius 3 is 3.00 bits per heavy atom. The van der Waals surface area contributed by atoms with Crippen molar-refractivity contribution < 1.29 is 9.84 Å². The molecule has 2 unspecified atom stereocenters. The van der Waals surface area contributed by atoms with Gasteiger partial charge in [-0.25, -0.2) is 0 Å². The molecule has 1 saturated carbocycles. The highest BCUT2D eigenvalue weighted by Crippen LogP contribution is 2.40. The maximum atomic E-state index is 10.3. The van der Waals surface area contributed by atoms with E-state index in [-0.39, 0.29) is 0 Å². The summed E-state index contributed by atoms with van der Waals surface area (Å²) >= 11 is 0. The Morgan fingerprint density at radius 1 is 1.62 bits per heavy atom. The van der Waals surface area contributed by atoms with Gasteiger partial charge in [-0.15, -0.1) is 0 Å². The fraction of sp³-hybridized carbons (Fsp3) is 0.818. The van der Waals surface area contributed by atoms with E-state index in [9.17, 15) is 5.11 Å². The topological polar surface area (TPSA) is 29.5 Å². The van der Waals surface area contributed by atoms with Crippen LogP contribution in [0, 0.1) is 5.92 Å². The van der Waals surface area contributed by atoms with Crippen molar-refractivity contribution in [2.75, 3.05) is 6.61 Å². The van der Waals surface area contributed by atoms with E-state index in [0.29, 0.717) is 5.92 Å². The molecule has 74 valence electrons. The van der Waals surface area contributed by atoms with E-state index >= 15 is 0 Å². The van der Waals surface area contributed by atoms with E-state index in [1.165, 1.54) is 0 Å². The summed E-state index contributed by atoms with van der Waals surface area (Å²) in [6, 6.07) is 0. The molecule has 2 nitrogen and oxygen atoms in total. The monoisotopic (exact) mass is 182 g/mol. The van der Waals surface area contributed by atoms with Crippen molar-refractivity contribution in [3.05, 3.63) is 11.8 Å². The van der Waals surface area contributed by atoms with Gasteiger partial charge in [-0.3, -0.25) is 0 Å². The lowest BCUT2D eigenvalue weighted by molar-refractivity contribution is 0.00706. The number of allylic oxidation sites excluding steroid dienone is 1. The molecule has 2 rings (SSSR count). The van der Waals surface area contributed by atoms with Gasteiger partial charge in [0, 0.05) is 0 Å². The Balaban J connectivity index is 2.10. The molecule has 0 aromatic carbocycles. The Morgan fingerprint density at radius 2 is 2.46 bits per heavy atom. The molecule has 2 atom stereocenters. The van der Waals surface area contributed by atoms with Gasteiger partial charge in [0.1, 0.15) is 11.4 Å². The Hall–Kier alpha value is -0.500. The number of hydrogen-bond acceptors (Lipinski definition) is 2. The predicted octanol–water partition coefficient (Wildman–Crippen LogP) is 2.23. The summed E-state index contributed by atoms with van der Waals surface area (Å²) in [4.78, 5) is 0. The number of aliphatic hydroxyl groups is 1. The normalized spacial score (nSPS) is 39.8. The van der Waals surface area contributed by atoms with E-state index in [0.717, 1.165) is 44.5 Å². The largest absolute Gasteiger partial charge is 0.495 e. The lowest BCUT2D eigenvalue weighted by Gasteiger charge is -2.28. The lowest BCUT2D eigenvalue weighted by atomic mass is 9.96. The van der Waals surface area contributed by atoms with Crippen molar-refractivity contribution in [1.82, 2.24) is 0 Å². The molecule has 2 heteroatoms. The molecule has 0 aromatic rings. The number of ether oxygens (including phenoxy) is 1. The van der Waals surface area contributed by atoms with Crippen LogP contribution < -0.4 is 0 Å². The molecule has 0 spiro atoms. The van der Waals surface area contributed by atoms with Crippen molar-refractivity contribution in [3.8, 4) is 0 Å². The molecule has 1 heterocycles. The van der Waals surface area contributed by atoms with Crippen LogP contribution in [0.15, 0.2) is 11.8 Å². The van der Waals surface area contributed by atoms with Gasteiger partial charge in [0.2, 0.25) is 0 Å². The van der Waals surface area contributed by atoms with Crippen LogP contribution in [0.5, 0.6) is 0 Å². The highest BCUT2D eigenvalue weighted by Gasteiger charge is 2.40. The molecule has 1 fully saturated rings. The summed E-state index contributed by atoms with van der Waals surface area (Å²) in [6.45, 7) is 2.98. The first kappa shape index (κ1) is 9.07. The quantitative estimate of drug-likeness (QED) is 0.674. The molecule has 0 amide bonds. The SMILES string of the molecule is CC1CCC(O)(C2=CCCCO2)C1. The van der Waals surface area contributed by atoms with Crippen LogP contribution in [-0.2, 0) is 4.74 Å². The third-order valence-corrected chi connectivity index (χ3v) is 3.13. The molecule has 0 aromatic heterocycles. The second-order valence-corrected chi connectivity index (χ2v) is 4.44. The van der Waals surface area contributed by atoms with Gasteiger partial charge in [0.25, 0.3) is 0 Å². The van der Waals surface area contributed by atoms with Crippen molar-refractivity contribution >= 4 is 0 Å². The standard InChI is InChI=1S/C11H18O2/c1-9-5-6-11(12,8-9)10-4-2-3-7-13-10/h4,9,12H,2-3,5-8H2,1H3. The van der Waals surface area contributed by atoms with Crippen LogP contribution in [0.3, 0.4) is 0 Å². The smallest absolute Gasteiger partial charge is 0.124 e. The Labute approximate surface area is 79.6 Å². The van der Waals surface area contributed by atoms with Gasteiger partial charge in [-0.2, -0.15) is 0 Å². The molecule has 1 aliphatic heterocycles. The van der Waals surface area contributed by atoms with Crippen LogP contribution in [0.2, 0.25) is 0 Å². The van der Waals surface area contributed by atoms with E-state index in [4.69, 9.17) is 4.74 Å². The maximum absolute atomic E-state index is 10.3. The second kappa shape index (κ2) is 3.33. The first-order valence-electron chi connectivity index (χ1n) is 5.26. The zero-order chi connectivity index (χ0) is 9.31. The molecule has 0 bridgehead atoms. The summed E-state index contributed by atoms with van der Waals surface area (Å²) < 4.78 is 5.52. The molecule has 0 radical (unpaired) electrons. The molecular formula is C11H18O2. The average Bonchev–Trinajstić information content (AvgIpc) is 2.49. The van der Waals surface area contributed by atoms with Gasteiger partial charge in [-0.05, 0) is 44.1 Å². The van der Waals surface area contributed by atoms with Crippen molar-refractivity contribution in [3.63, 3.8) is 0 Å². The summed E-state index contributed by atoms with van der Waals surface area (Å²) in [5, 5.41) is 10.3. The molecule has 2 aliphatic rings. The predicted molar refractivity (Wildman–Crippen MR) is 51.2 cm³/mol. The highest BCUT2D eigenvalue weighted by molar-refractivity contribution is 5.14. The van der Waals surface area contributed by atoms with Crippen molar-refractivity contribution in [1.29, 1.82) is 0 Å².